The highest BCUT2D eigenvalue weighted by Gasteiger charge is 2.55. The van der Waals surface area contributed by atoms with E-state index in [2.05, 4.69) is 4.98 Å². The summed E-state index contributed by atoms with van der Waals surface area (Å²) in [7, 11) is 2.99. The van der Waals surface area contributed by atoms with Crippen LogP contribution in [0.15, 0.2) is 18.3 Å². The predicted molar refractivity (Wildman–Crippen MR) is 60.1 cm³/mol. The fourth-order valence-electron chi connectivity index (χ4n) is 2.16. The molecule has 92 valence electrons. The lowest BCUT2D eigenvalue weighted by molar-refractivity contribution is -0.150. The Hall–Kier alpha value is -1.62. The Balaban J connectivity index is 2.34. The molecule has 0 saturated heterocycles. The number of aliphatic carboxylic acids is 1. The first kappa shape index (κ1) is 11.9. The molecule has 1 heterocycles. The van der Waals surface area contributed by atoms with E-state index in [0.29, 0.717) is 5.75 Å². The standard InChI is InChI=1S/C12H15NO4/c1-16-8-3-6-13-9(7-8)12(4-5-12)10(17-2)11(14)15/h3,6-7,10H,4-5H2,1-2H3,(H,14,15). The van der Waals surface area contributed by atoms with Gasteiger partial charge in [-0.2, -0.15) is 0 Å². The summed E-state index contributed by atoms with van der Waals surface area (Å²) in [4.78, 5) is 15.4. The van der Waals surface area contributed by atoms with Gasteiger partial charge in [0.1, 0.15) is 5.75 Å². The molecule has 0 amide bonds. The van der Waals surface area contributed by atoms with Crippen LogP contribution in [0.1, 0.15) is 18.5 Å². The van der Waals surface area contributed by atoms with Crippen molar-refractivity contribution in [2.45, 2.75) is 24.4 Å². The zero-order valence-electron chi connectivity index (χ0n) is 9.84. The van der Waals surface area contributed by atoms with Crippen molar-refractivity contribution in [3.63, 3.8) is 0 Å². The van der Waals surface area contributed by atoms with Gasteiger partial charge in [0.05, 0.1) is 12.8 Å². The molecular formula is C12H15NO4. The minimum atomic E-state index is -0.949. The van der Waals surface area contributed by atoms with E-state index >= 15 is 0 Å². The minimum absolute atomic E-state index is 0.491. The number of hydrogen-bond donors (Lipinski definition) is 1. The Labute approximate surface area is 99.4 Å². The minimum Gasteiger partial charge on any atom is -0.497 e. The number of ether oxygens (including phenoxy) is 2. The maximum atomic E-state index is 11.2. The predicted octanol–water partition coefficient (Wildman–Crippen LogP) is 1.22. The molecule has 1 atom stereocenters. The number of methoxy groups -OCH3 is 2. The Bertz CT molecular complexity index is 428. The molecule has 1 unspecified atom stereocenters. The smallest absolute Gasteiger partial charge is 0.333 e. The number of pyridine rings is 1. The molecule has 1 N–H and O–H groups in total. The van der Waals surface area contributed by atoms with Crippen molar-refractivity contribution in [3.8, 4) is 5.75 Å². The summed E-state index contributed by atoms with van der Waals surface area (Å²) >= 11 is 0. The SMILES string of the molecule is COc1ccnc(C2(C(OC)C(=O)O)CC2)c1. The summed E-state index contributed by atoms with van der Waals surface area (Å²) in [6.07, 6.45) is 2.33. The van der Waals surface area contributed by atoms with E-state index in [-0.39, 0.29) is 0 Å². The molecule has 1 aliphatic rings. The Morgan fingerprint density at radius 2 is 2.24 bits per heavy atom. The van der Waals surface area contributed by atoms with Crippen LogP contribution >= 0.6 is 0 Å². The normalized spacial score (nSPS) is 18.5. The number of carboxylic acids is 1. The molecule has 1 fully saturated rings. The van der Waals surface area contributed by atoms with Gasteiger partial charge in [0.15, 0.2) is 6.10 Å². The van der Waals surface area contributed by atoms with Crippen LogP contribution in [0.3, 0.4) is 0 Å². The lowest BCUT2D eigenvalue weighted by Gasteiger charge is -2.21. The van der Waals surface area contributed by atoms with Crippen LogP contribution in [0.5, 0.6) is 5.75 Å². The Kier molecular flexibility index (Phi) is 3.02. The van der Waals surface area contributed by atoms with Gasteiger partial charge in [-0.05, 0) is 18.9 Å². The summed E-state index contributed by atoms with van der Waals surface area (Å²) < 4.78 is 10.2. The second kappa shape index (κ2) is 4.33. The van der Waals surface area contributed by atoms with E-state index in [4.69, 9.17) is 14.6 Å². The van der Waals surface area contributed by atoms with Crippen molar-refractivity contribution in [3.05, 3.63) is 24.0 Å². The number of rotatable bonds is 5. The van der Waals surface area contributed by atoms with Crippen molar-refractivity contribution < 1.29 is 19.4 Å². The van der Waals surface area contributed by atoms with E-state index in [0.717, 1.165) is 18.5 Å². The zero-order chi connectivity index (χ0) is 12.5. The number of nitrogens with zero attached hydrogens (tertiary/aromatic N) is 1. The van der Waals surface area contributed by atoms with E-state index in [1.165, 1.54) is 7.11 Å². The third-order valence-corrected chi connectivity index (χ3v) is 3.23. The van der Waals surface area contributed by atoms with Crippen LogP contribution in [0.2, 0.25) is 0 Å². The van der Waals surface area contributed by atoms with Gasteiger partial charge in [-0.1, -0.05) is 0 Å². The van der Waals surface area contributed by atoms with Crippen molar-refractivity contribution in [1.82, 2.24) is 4.98 Å². The number of aromatic nitrogens is 1. The fraction of sp³-hybridized carbons (Fsp3) is 0.500. The molecule has 0 aliphatic heterocycles. The van der Waals surface area contributed by atoms with Crippen LogP contribution < -0.4 is 4.74 Å². The molecule has 17 heavy (non-hydrogen) atoms. The first-order valence-corrected chi connectivity index (χ1v) is 5.40. The summed E-state index contributed by atoms with van der Waals surface area (Å²) in [5.41, 5.74) is 0.237. The van der Waals surface area contributed by atoms with Gasteiger partial charge in [-0.3, -0.25) is 4.98 Å². The molecule has 1 saturated carbocycles. The van der Waals surface area contributed by atoms with Crippen LogP contribution in [0.25, 0.3) is 0 Å². The lowest BCUT2D eigenvalue weighted by Crippen LogP contribution is -2.36. The van der Waals surface area contributed by atoms with Crippen molar-refractivity contribution in [2.24, 2.45) is 0 Å². The fourth-order valence-corrected chi connectivity index (χ4v) is 2.16. The molecule has 1 aromatic rings. The van der Waals surface area contributed by atoms with Crippen molar-refractivity contribution in [1.29, 1.82) is 0 Å². The van der Waals surface area contributed by atoms with E-state index in [9.17, 15) is 4.79 Å². The summed E-state index contributed by atoms with van der Waals surface area (Å²) in [6, 6.07) is 3.52. The second-order valence-electron chi connectivity index (χ2n) is 4.19. The van der Waals surface area contributed by atoms with E-state index in [1.54, 1.807) is 25.4 Å². The van der Waals surface area contributed by atoms with Crippen LogP contribution in [-0.4, -0.2) is 36.4 Å². The quantitative estimate of drug-likeness (QED) is 0.834. The number of hydrogen-bond acceptors (Lipinski definition) is 4. The molecule has 5 nitrogen and oxygen atoms in total. The third kappa shape index (κ3) is 1.98. The Morgan fingerprint density at radius 3 is 2.71 bits per heavy atom. The van der Waals surface area contributed by atoms with Gasteiger partial charge in [-0.25, -0.2) is 4.79 Å². The molecule has 0 spiro atoms. The molecule has 5 heteroatoms. The number of carboxylic acid groups (broad SMARTS) is 1. The highest BCUT2D eigenvalue weighted by molar-refractivity contribution is 5.75. The first-order chi connectivity index (χ1) is 8.14. The monoisotopic (exact) mass is 237 g/mol. The molecule has 0 radical (unpaired) electrons. The molecule has 2 rings (SSSR count). The van der Waals surface area contributed by atoms with Crippen molar-refractivity contribution in [2.75, 3.05) is 14.2 Å². The van der Waals surface area contributed by atoms with Gasteiger partial charge >= 0.3 is 5.97 Å². The van der Waals surface area contributed by atoms with Gasteiger partial charge in [0, 0.05) is 24.8 Å². The van der Waals surface area contributed by atoms with Gasteiger partial charge < -0.3 is 14.6 Å². The Morgan fingerprint density at radius 1 is 1.53 bits per heavy atom. The molecule has 1 aromatic heterocycles. The van der Waals surface area contributed by atoms with E-state index in [1.807, 2.05) is 0 Å². The molecule has 0 bridgehead atoms. The van der Waals surface area contributed by atoms with Crippen LogP contribution in [0, 0.1) is 0 Å². The largest absolute Gasteiger partial charge is 0.497 e. The highest BCUT2D eigenvalue weighted by Crippen LogP contribution is 2.51. The molecular weight excluding hydrogens is 222 g/mol. The molecule has 0 aromatic carbocycles. The highest BCUT2D eigenvalue weighted by atomic mass is 16.5. The van der Waals surface area contributed by atoms with E-state index < -0.39 is 17.5 Å². The summed E-state index contributed by atoms with van der Waals surface area (Å²) in [5.74, 6) is -0.267. The summed E-state index contributed by atoms with van der Waals surface area (Å²) in [6.45, 7) is 0. The third-order valence-electron chi connectivity index (χ3n) is 3.23. The zero-order valence-corrected chi connectivity index (χ0v) is 9.84. The number of carbonyl (C=O) groups is 1. The van der Waals surface area contributed by atoms with Gasteiger partial charge in [-0.15, -0.1) is 0 Å². The average molecular weight is 237 g/mol. The average Bonchev–Trinajstić information content (AvgIpc) is 3.11. The lowest BCUT2D eigenvalue weighted by atomic mass is 9.94. The van der Waals surface area contributed by atoms with Gasteiger partial charge in [0.2, 0.25) is 0 Å². The maximum absolute atomic E-state index is 11.2. The van der Waals surface area contributed by atoms with Gasteiger partial charge in [0.25, 0.3) is 0 Å². The van der Waals surface area contributed by atoms with Crippen LogP contribution in [-0.2, 0) is 14.9 Å². The van der Waals surface area contributed by atoms with Crippen molar-refractivity contribution >= 4 is 5.97 Å². The maximum Gasteiger partial charge on any atom is 0.333 e. The van der Waals surface area contributed by atoms with Crippen LogP contribution in [0.4, 0.5) is 0 Å². The first-order valence-electron chi connectivity index (χ1n) is 5.40. The topological polar surface area (TPSA) is 68.7 Å². The summed E-state index contributed by atoms with van der Waals surface area (Å²) in [5, 5.41) is 9.15. The second-order valence-corrected chi connectivity index (χ2v) is 4.19. The molecule has 1 aliphatic carbocycles.